The van der Waals surface area contributed by atoms with Gasteiger partial charge < -0.3 is 5.73 Å². The molecule has 0 saturated heterocycles. The lowest BCUT2D eigenvalue weighted by Gasteiger charge is -2.09. The van der Waals surface area contributed by atoms with Gasteiger partial charge in [0.15, 0.2) is 0 Å². The Hall–Kier alpha value is -1.35. The molecule has 3 nitrogen and oxygen atoms in total. The summed E-state index contributed by atoms with van der Waals surface area (Å²) in [7, 11) is 0. The van der Waals surface area contributed by atoms with Crippen molar-refractivity contribution in [2.45, 2.75) is 38.8 Å². The molecular formula is C13H17N3. The SMILES string of the molecule is CCn1nc(C)c2ccc(C3(N)CC3)cc21. The summed E-state index contributed by atoms with van der Waals surface area (Å²) in [5.74, 6) is 0. The zero-order valence-electron chi connectivity index (χ0n) is 9.83. The first-order valence-corrected chi connectivity index (χ1v) is 5.90. The van der Waals surface area contributed by atoms with Crippen LogP contribution in [0.1, 0.15) is 31.0 Å². The van der Waals surface area contributed by atoms with Crippen molar-refractivity contribution in [2.24, 2.45) is 5.73 Å². The van der Waals surface area contributed by atoms with E-state index in [9.17, 15) is 0 Å². The van der Waals surface area contributed by atoms with Gasteiger partial charge in [-0.05, 0) is 38.3 Å². The van der Waals surface area contributed by atoms with Gasteiger partial charge in [0.05, 0.1) is 11.2 Å². The van der Waals surface area contributed by atoms with Crippen LogP contribution in [0.5, 0.6) is 0 Å². The number of nitrogens with two attached hydrogens (primary N) is 1. The Labute approximate surface area is 95.2 Å². The van der Waals surface area contributed by atoms with Crippen LogP contribution in [0, 0.1) is 6.92 Å². The molecule has 0 spiro atoms. The van der Waals surface area contributed by atoms with Crippen LogP contribution in [0.3, 0.4) is 0 Å². The van der Waals surface area contributed by atoms with E-state index in [2.05, 4.69) is 41.8 Å². The van der Waals surface area contributed by atoms with E-state index >= 15 is 0 Å². The highest BCUT2D eigenvalue weighted by Gasteiger charge is 2.40. The molecule has 2 aromatic rings. The molecular weight excluding hydrogens is 198 g/mol. The molecule has 0 aliphatic heterocycles. The number of hydrogen-bond acceptors (Lipinski definition) is 2. The lowest BCUT2D eigenvalue weighted by atomic mass is 10.0. The van der Waals surface area contributed by atoms with E-state index < -0.39 is 0 Å². The second-order valence-corrected chi connectivity index (χ2v) is 4.79. The first-order valence-electron chi connectivity index (χ1n) is 5.90. The van der Waals surface area contributed by atoms with Gasteiger partial charge in [0.25, 0.3) is 0 Å². The van der Waals surface area contributed by atoms with Crippen LogP contribution in [0.2, 0.25) is 0 Å². The highest BCUT2D eigenvalue weighted by molar-refractivity contribution is 5.82. The van der Waals surface area contributed by atoms with Crippen LogP contribution in [-0.2, 0) is 12.1 Å². The van der Waals surface area contributed by atoms with E-state index in [1.807, 2.05) is 0 Å². The third-order valence-corrected chi connectivity index (χ3v) is 3.60. The monoisotopic (exact) mass is 215 g/mol. The number of nitrogens with zero attached hydrogens (tertiary/aromatic N) is 2. The van der Waals surface area contributed by atoms with Crippen molar-refractivity contribution < 1.29 is 0 Å². The Morgan fingerprint density at radius 1 is 1.44 bits per heavy atom. The Balaban J connectivity index is 2.23. The second kappa shape index (κ2) is 3.08. The molecule has 1 aromatic heterocycles. The second-order valence-electron chi connectivity index (χ2n) is 4.79. The van der Waals surface area contributed by atoms with Gasteiger partial charge in [-0.1, -0.05) is 12.1 Å². The Morgan fingerprint density at radius 2 is 2.19 bits per heavy atom. The molecule has 1 aliphatic rings. The fourth-order valence-electron chi connectivity index (χ4n) is 2.31. The van der Waals surface area contributed by atoms with Gasteiger partial charge in [0, 0.05) is 17.5 Å². The third kappa shape index (κ3) is 1.28. The van der Waals surface area contributed by atoms with Crippen molar-refractivity contribution in [2.75, 3.05) is 0 Å². The molecule has 0 amide bonds. The molecule has 1 aromatic carbocycles. The normalized spacial score (nSPS) is 17.9. The zero-order valence-corrected chi connectivity index (χ0v) is 9.83. The van der Waals surface area contributed by atoms with Crippen molar-refractivity contribution in [1.29, 1.82) is 0 Å². The van der Waals surface area contributed by atoms with Crippen molar-refractivity contribution in [3.8, 4) is 0 Å². The highest BCUT2D eigenvalue weighted by atomic mass is 15.3. The predicted octanol–water partition coefficient (Wildman–Crippen LogP) is 2.31. The Kier molecular flexibility index (Phi) is 1.89. The Morgan fingerprint density at radius 3 is 2.81 bits per heavy atom. The summed E-state index contributed by atoms with van der Waals surface area (Å²) in [6.07, 6.45) is 2.22. The molecule has 84 valence electrons. The van der Waals surface area contributed by atoms with E-state index in [-0.39, 0.29) is 5.54 Å². The van der Waals surface area contributed by atoms with Gasteiger partial charge in [-0.25, -0.2) is 0 Å². The van der Waals surface area contributed by atoms with Crippen molar-refractivity contribution in [3.05, 3.63) is 29.5 Å². The first-order chi connectivity index (χ1) is 7.64. The number of hydrogen-bond donors (Lipinski definition) is 1. The maximum absolute atomic E-state index is 6.23. The quantitative estimate of drug-likeness (QED) is 0.835. The van der Waals surface area contributed by atoms with Crippen LogP contribution < -0.4 is 5.73 Å². The molecule has 0 atom stereocenters. The van der Waals surface area contributed by atoms with Crippen LogP contribution in [-0.4, -0.2) is 9.78 Å². The summed E-state index contributed by atoms with van der Waals surface area (Å²) >= 11 is 0. The van der Waals surface area contributed by atoms with E-state index in [4.69, 9.17) is 5.73 Å². The minimum atomic E-state index is -0.0507. The fourth-order valence-corrected chi connectivity index (χ4v) is 2.31. The topological polar surface area (TPSA) is 43.8 Å². The summed E-state index contributed by atoms with van der Waals surface area (Å²) in [6.45, 7) is 5.09. The smallest absolute Gasteiger partial charge is 0.0688 e. The maximum atomic E-state index is 6.23. The highest BCUT2D eigenvalue weighted by Crippen LogP contribution is 2.43. The van der Waals surface area contributed by atoms with Crippen LogP contribution in [0.15, 0.2) is 18.2 Å². The lowest BCUT2D eigenvalue weighted by Crippen LogP contribution is -2.18. The van der Waals surface area contributed by atoms with Crippen LogP contribution in [0.25, 0.3) is 10.9 Å². The van der Waals surface area contributed by atoms with Gasteiger partial charge in [0.2, 0.25) is 0 Å². The molecule has 3 heteroatoms. The molecule has 3 rings (SSSR count). The lowest BCUT2D eigenvalue weighted by molar-refractivity contribution is 0.674. The first kappa shape index (κ1) is 9.85. The molecule has 0 radical (unpaired) electrons. The van der Waals surface area contributed by atoms with Gasteiger partial charge in [0.1, 0.15) is 0 Å². The third-order valence-electron chi connectivity index (χ3n) is 3.60. The average Bonchev–Trinajstić information content (AvgIpc) is 2.96. The van der Waals surface area contributed by atoms with Crippen LogP contribution in [0.4, 0.5) is 0 Å². The molecule has 2 N–H and O–H groups in total. The average molecular weight is 215 g/mol. The number of rotatable bonds is 2. The van der Waals surface area contributed by atoms with E-state index in [1.165, 1.54) is 16.5 Å². The molecule has 1 aliphatic carbocycles. The number of fused-ring (bicyclic) bond motifs is 1. The van der Waals surface area contributed by atoms with Crippen LogP contribution >= 0.6 is 0 Å². The van der Waals surface area contributed by atoms with E-state index in [1.54, 1.807) is 0 Å². The number of aryl methyl sites for hydroxylation is 2. The van der Waals surface area contributed by atoms with E-state index in [0.29, 0.717) is 0 Å². The predicted molar refractivity (Wildman–Crippen MR) is 65.2 cm³/mol. The molecule has 16 heavy (non-hydrogen) atoms. The molecule has 1 heterocycles. The van der Waals surface area contributed by atoms with Gasteiger partial charge in [-0.2, -0.15) is 5.10 Å². The molecule has 1 fully saturated rings. The van der Waals surface area contributed by atoms with Crippen molar-refractivity contribution in [1.82, 2.24) is 9.78 Å². The summed E-state index contributed by atoms with van der Waals surface area (Å²) in [5, 5.41) is 5.77. The zero-order chi connectivity index (χ0) is 11.3. The minimum absolute atomic E-state index is 0.0507. The molecule has 0 bridgehead atoms. The largest absolute Gasteiger partial charge is 0.321 e. The van der Waals surface area contributed by atoms with Gasteiger partial charge in [-0.3, -0.25) is 4.68 Å². The fraction of sp³-hybridized carbons (Fsp3) is 0.462. The van der Waals surface area contributed by atoms with Gasteiger partial charge in [-0.15, -0.1) is 0 Å². The standard InChI is InChI=1S/C13H17N3/c1-3-16-12-8-10(13(14)6-7-13)4-5-11(12)9(2)15-16/h4-5,8H,3,6-7,14H2,1-2H3. The van der Waals surface area contributed by atoms with E-state index in [0.717, 1.165) is 25.1 Å². The summed E-state index contributed by atoms with van der Waals surface area (Å²) in [5.41, 5.74) is 9.75. The molecule has 0 unspecified atom stereocenters. The summed E-state index contributed by atoms with van der Waals surface area (Å²) in [4.78, 5) is 0. The molecule has 1 saturated carbocycles. The minimum Gasteiger partial charge on any atom is -0.321 e. The van der Waals surface area contributed by atoms with Gasteiger partial charge >= 0.3 is 0 Å². The maximum Gasteiger partial charge on any atom is 0.0688 e. The Bertz CT molecular complexity index is 550. The summed E-state index contributed by atoms with van der Waals surface area (Å²) < 4.78 is 2.06. The van der Waals surface area contributed by atoms with Crippen molar-refractivity contribution in [3.63, 3.8) is 0 Å². The van der Waals surface area contributed by atoms with Crippen molar-refractivity contribution >= 4 is 10.9 Å². The summed E-state index contributed by atoms with van der Waals surface area (Å²) in [6, 6.07) is 6.53. The number of aromatic nitrogens is 2. The number of benzene rings is 1.